The minimum absolute atomic E-state index is 0.0227. The molecule has 4 amide bonds. The zero-order valence-electron chi connectivity index (χ0n) is 28.2. The van der Waals surface area contributed by atoms with Crippen molar-refractivity contribution in [1.82, 2.24) is 19.6 Å². The van der Waals surface area contributed by atoms with Gasteiger partial charge in [-0.2, -0.15) is 0 Å². The number of hydrogen-bond donors (Lipinski definition) is 0. The van der Waals surface area contributed by atoms with Gasteiger partial charge in [0.2, 0.25) is 0 Å². The van der Waals surface area contributed by atoms with E-state index in [4.69, 9.17) is 26.6 Å². The molecule has 0 radical (unpaired) electrons. The zero-order chi connectivity index (χ0) is 31.9. The van der Waals surface area contributed by atoms with Crippen LogP contribution >= 0.6 is 0 Å². The van der Waals surface area contributed by atoms with Gasteiger partial charge in [0.05, 0.1) is 0 Å². The predicted molar refractivity (Wildman–Crippen MR) is 171 cm³/mol. The average molecular weight is 649 g/mol. The molecule has 2 rings (SSSR count). The summed E-state index contributed by atoms with van der Waals surface area (Å²) in [5, 5.41) is 0. The largest absolute Gasteiger partial charge is 0.524 e. The smallest absolute Gasteiger partial charge is 0.373 e. The van der Waals surface area contributed by atoms with Crippen molar-refractivity contribution in [3.05, 3.63) is 0 Å². The van der Waals surface area contributed by atoms with Crippen molar-refractivity contribution in [2.45, 2.75) is 98.8 Å². The van der Waals surface area contributed by atoms with Crippen LogP contribution in [0, 0.1) is 0 Å². The molecule has 2 aliphatic rings. The predicted octanol–water partition coefficient (Wildman–Crippen LogP) is 4.36. The second-order valence-electron chi connectivity index (χ2n) is 10.6. The van der Waals surface area contributed by atoms with Crippen LogP contribution in [0.15, 0.2) is 0 Å². The molecule has 2 heterocycles. The first-order chi connectivity index (χ1) is 20.8. The Labute approximate surface area is 262 Å². The summed E-state index contributed by atoms with van der Waals surface area (Å²) in [6, 6.07) is 0.0453. The van der Waals surface area contributed by atoms with Crippen molar-refractivity contribution in [1.29, 1.82) is 0 Å². The van der Waals surface area contributed by atoms with Crippen LogP contribution in [0.3, 0.4) is 0 Å². The fourth-order valence-electron chi connectivity index (χ4n) is 5.93. The SMILES string of the molecule is CCO[Si](OCC)(OCC)C1CCN1C(=O)N(CC)CCCCCN(CC)C(=O)N1CCC1[Si](OCC)(OCC)OCC. The van der Waals surface area contributed by atoms with E-state index in [0.717, 1.165) is 32.1 Å². The molecule has 0 spiro atoms. The molecule has 2 saturated heterocycles. The van der Waals surface area contributed by atoms with Crippen LogP contribution < -0.4 is 0 Å². The molecule has 0 aromatic heterocycles. The van der Waals surface area contributed by atoms with Gasteiger partial charge in [0, 0.05) is 78.9 Å². The van der Waals surface area contributed by atoms with Crippen molar-refractivity contribution in [3.8, 4) is 0 Å². The number of nitrogens with zero attached hydrogens (tertiary/aromatic N) is 4. The summed E-state index contributed by atoms with van der Waals surface area (Å²) in [4.78, 5) is 34.6. The Morgan fingerprint density at radius 3 is 1.07 bits per heavy atom. The third-order valence-corrected chi connectivity index (χ3v) is 15.1. The summed E-state index contributed by atoms with van der Waals surface area (Å²) in [6.07, 6.45) is 4.33. The Bertz CT molecular complexity index is 731. The normalized spacial score (nSPS) is 18.8. The summed E-state index contributed by atoms with van der Waals surface area (Å²) in [5.41, 5.74) is -0.281. The molecule has 2 fully saturated rings. The summed E-state index contributed by atoms with van der Waals surface area (Å²) < 4.78 is 36.6. The number of carbonyl (C=O) groups is 2. The summed E-state index contributed by atoms with van der Waals surface area (Å²) >= 11 is 0. The van der Waals surface area contributed by atoms with E-state index in [2.05, 4.69) is 0 Å². The Balaban J connectivity index is 1.90. The van der Waals surface area contributed by atoms with Crippen LogP contribution in [0.25, 0.3) is 0 Å². The molecule has 12 nitrogen and oxygen atoms in total. The second kappa shape index (κ2) is 19.3. The van der Waals surface area contributed by atoms with Crippen molar-refractivity contribution in [2.75, 3.05) is 78.9 Å². The maximum Gasteiger partial charge on any atom is 0.524 e. The van der Waals surface area contributed by atoms with Gasteiger partial charge in [0.1, 0.15) is 11.3 Å². The second-order valence-corrected chi connectivity index (χ2v) is 16.1. The molecule has 0 N–H and O–H groups in total. The van der Waals surface area contributed by atoms with Gasteiger partial charge in [0.25, 0.3) is 0 Å². The zero-order valence-corrected chi connectivity index (χ0v) is 30.2. The van der Waals surface area contributed by atoms with Crippen LogP contribution in [0.4, 0.5) is 9.59 Å². The number of carbonyl (C=O) groups excluding carboxylic acids is 2. The molecule has 0 aromatic carbocycles. The van der Waals surface area contributed by atoms with E-state index in [-0.39, 0.29) is 23.4 Å². The van der Waals surface area contributed by atoms with Gasteiger partial charge in [-0.15, -0.1) is 0 Å². The lowest BCUT2D eigenvalue weighted by atomic mass is 10.2. The first-order valence-electron chi connectivity index (χ1n) is 16.7. The molecule has 0 aliphatic carbocycles. The Morgan fingerprint density at radius 2 is 0.860 bits per heavy atom. The third kappa shape index (κ3) is 9.38. The van der Waals surface area contributed by atoms with E-state index in [9.17, 15) is 9.59 Å². The number of rotatable bonds is 22. The first kappa shape index (κ1) is 37.9. The molecule has 0 aromatic rings. The highest BCUT2D eigenvalue weighted by molar-refractivity contribution is 6.63. The lowest BCUT2D eigenvalue weighted by Crippen LogP contribution is -2.71. The maximum atomic E-state index is 13.5. The summed E-state index contributed by atoms with van der Waals surface area (Å²) in [6.45, 7) is 22.6. The van der Waals surface area contributed by atoms with Crippen LogP contribution in [0.2, 0.25) is 0 Å². The molecular formula is C29H60N4O8Si2. The van der Waals surface area contributed by atoms with E-state index in [1.54, 1.807) is 0 Å². The Kier molecular flexibility index (Phi) is 17.0. The van der Waals surface area contributed by atoms with E-state index in [1.807, 2.05) is 75.0 Å². The van der Waals surface area contributed by atoms with Gasteiger partial charge in [-0.25, -0.2) is 9.59 Å². The van der Waals surface area contributed by atoms with Crippen LogP contribution in [0.5, 0.6) is 0 Å². The van der Waals surface area contributed by atoms with Gasteiger partial charge in [-0.05, 0) is 87.5 Å². The Hall–Kier alpha value is -1.27. The fraction of sp³-hybridized carbons (Fsp3) is 0.931. The number of hydrogen-bond acceptors (Lipinski definition) is 8. The number of likely N-dealkylation sites (tertiary alicyclic amines) is 2. The maximum absolute atomic E-state index is 13.5. The lowest BCUT2D eigenvalue weighted by Gasteiger charge is -2.49. The average Bonchev–Trinajstić information content (AvgIpc) is 2.92. The third-order valence-electron chi connectivity index (χ3n) is 8.08. The van der Waals surface area contributed by atoms with Gasteiger partial charge in [-0.3, -0.25) is 0 Å². The quantitative estimate of drug-likeness (QED) is 0.126. The van der Waals surface area contributed by atoms with Gasteiger partial charge in [0.15, 0.2) is 0 Å². The first-order valence-corrected chi connectivity index (χ1v) is 20.3. The molecule has 2 aliphatic heterocycles. The molecule has 0 saturated carbocycles. The van der Waals surface area contributed by atoms with Crippen molar-refractivity contribution >= 4 is 29.7 Å². The molecule has 2 unspecified atom stereocenters. The van der Waals surface area contributed by atoms with Gasteiger partial charge < -0.3 is 46.2 Å². The van der Waals surface area contributed by atoms with Crippen molar-refractivity contribution < 1.29 is 36.1 Å². The Morgan fingerprint density at radius 1 is 0.558 bits per heavy atom. The topological polar surface area (TPSA) is 102 Å². The number of amides is 4. The van der Waals surface area contributed by atoms with Crippen LogP contribution in [0.1, 0.15) is 87.5 Å². The molecule has 252 valence electrons. The highest BCUT2D eigenvalue weighted by Crippen LogP contribution is 2.32. The number of urea groups is 2. The highest BCUT2D eigenvalue weighted by Gasteiger charge is 2.58. The van der Waals surface area contributed by atoms with E-state index in [1.165, 1.54) is 0 Å². The fourth-order valence-corrected chi connectivity index (χ4v) is 12.2. The minimum Gasteiger partial charge on any atom is -0.373 e. The van der Waals surface area contributed by atoms with E-state index < -0.39 is 17.6 Å². The van der Waals surface area contributed by atoms with Crippen LogP contribution in [-0.4, -0.2) is 140 Å². The molecule has 2 atom stereocenters. The van der Waals surface area contributed by atoms with Gasteiger partial charge in [-0.1, -0.05) is 0 Å². The standard InChI is InChI=1S/C29H60N4O8Si2/c1-9-30(28(34)32-24-20-26(32)42(36-11-3,37-12-4)38-13-5)22-18-17-19-23-31(10-2)29(35)33-25-21-27(33)43(39-14-6,40-15-7)41-16-8/h26-27H,9-25H2,1-8H3. The summed E-state index contributed by atoms with van der Waals surface area (Å²) in [7, 11) is -5.98. The van der Waals surface area contributed by atoms with Crippen molar-refractivity contribution in [3.63, 3.8) is 0 Å². The van der Waals surface area contributed by atoms with Crippen LogP contribution in [-0.2, 0) is 26.6 Å². The van der Waals surface area contributed by atoms with E-state index >= 15 is 0 Å². The highest BCUT2D eigenvalue weighted by atomic mass is 28.4. The molecule has 14 heteroatoms. The van der Waals surface area contributed by atoms with Crippen molar-refractivity contribution in [2.24, 2.45) is 0 Å². The summed E-state index contributed by atoms with van der Waals surface area (Å²) in [5.74, 6) is 0. The number of unbranched alkanes of at least 4 members (excludes halogenated alkanes) is 2. The minimum atomic E-state index is -2.99. The molecular weight excluding hydrogens is 589 g/mol. The molecule has 0 bridgehead atoms. The lowest BCUT2D eigenvalue weighted by molar-refractivity contribution is 0.0119. The molecule has 43 heavy (non-hydrogen) atoms. The van der Waals surface area contributed by atoms with Gasteiger partial charge >= 0.3 is 29.7 Å². The monoisotopic (exact) mass is 648 g/mol. The van der Waals surface area contributed by atoms with E-state index in [0.29, 0.717) is 78.9 Å².